The number of ether oxygens (including phenoxy) is 1. The molecule has 2 aromatic heterocycles. The first-order valence-electron chi connectivity index (χ1n) is 10.4. The van der Waals surface area contributed by atoms with Gasteiger partial charge in [-0.3, -0.25) is 4.98 Å². The van der Waals surface area contributed by atoms with E-state index in [9.17, 15) is 8.78 Å². The Morgan fingerprint density at radius 1 is 1.03 bits per heavy atom. The molecule has 3 heterocycles. The molecule has 154 valence electrons. The first-order chi connectivity index (χ1) is 14.5. The summed E-state index contributed by atoms with van der Waals surface area (Å²) >= 11 is 0. The number of hydrogen-bond acceptors (Lipinski definition) is 3. The molecule has 0 N–H and O–H groups in total. The molecule has 0 amide bonds. The highest BCUT2D eigenvalue weighted by Gasteiger charge is 2.21. The molecule has 0 spiro atoms. The van der Waals surface area contributed by atoms with Gasteiger partial charge in [-0.2, -0.15) is 5.10 Å². The molecule has 0 saturated carbocycles. The van der Waals surface area contributed by atoms with Gasteiger partial charge in [-0.25, -0.2) is 13.5 Å². The number of halogens is 2. The van der Waals surface area contributed by atoms with Gasteiger partial charge in [-0.1, -0.05) is 19.9 Å². The predicted molar refractivity (Wildman–Crippen MR) is 113 cm³/mol. The SMILES string of the molecule is CC(C)c1ncc2cc3c(cnn3C3CCCCO3)cc2c1-c1ccc(F)c(F)c1. The van der Waals surface area contributed by atoms with Crippen LogP contribution in [0.5, 0.6) is 0 Å². The highest BCUT2D eigenvalue weighted by molar-refractivity contribution is 6.04. The van der Waals surface area contributed by atoms with Crippen LogP contribution in [-0.2, 0) is 4.74 Å². The van der Waals surface area contributed by atoms with Crippen molar-refractivity contribution in [2.75, 3.05) is 6.61 Å². The molecule has 0 radical (unpaired) electrons. The van der Waals surface area contributed by atoms with E-state index in [0.29, 0.717) is 5.56 Å². The Morgan fingerprint density at radius 3 is 2.63 bits per heavy atom. The van der Waals surface area contributed by atoms with E-state index >= 15 is 0 Å². The summed E-state index contributed by atoms with van der Waals surface area (Å²) < 4.78 is 35.5. The fourth-order valence-corrected chi connectivity index (χ4v) is 4.31. The topological polar surface area (TPSA) is 39.9 Å². The van der Waals surface area contributed by atoms with Gasteiger partial charge >= 0.3 is 0 Å². The summed E-state index contributed by atoms with van der Waals surface area (Å²) in [5, 5.41) is 7.47. The van der Waals surface area contributed by atoms with Crippen LogP contribution in [0.1, 0.15) is 50.9 Å². The van der Waals surface area contributed by atoms with E-state index in [-0.39, 0.29) is 12.1 Å². The second-order valence-corrected chi connectivity index (χ2v) is 8.21. The maximum Gasteiger partial charge on any atom is 0.159 e. The van der Waals surface area contributed by atoms with E-state index < -0.39 is 11.6 Å². The molecule has 1 unspecified atom stereocenters. The van der Waals surface area contributed by atoms with Crippen LogP contribution in [0, 0.1) is 11.6 Å². The highest BCUT2D eigenvalue weighted by atomic mass is 19.2. The fourth-order valence-electron chi connectivity index (χ4n) is 4.31. The molecule has 1 saturated heterocycles. The molecule has 30 heavy (non-hydrogen) atoms. The number of pyridine rings is 1. The van der Waals surface area contributed by atoms with Gasteiger partial charge in [-0.05, 0) is 60.4 Å². The number of rotatable bonds is 3. The number of benzene rings is 2. The van der Waals surface area contributed by atoms with Crippen molar-refractivity contribution in [2.45, 2.75) is 45.3 Å². The molecule has 1 aliphatic rings. The quantitative estimate of drug-likeness (QED) is 0.397. The molecule has 4 nitrogen and oxygen atoms in total. The van der Waals surface area contributed by atoms with Gasteiger partial charge in [0.05, 0.1) is 17.4 Å². The molecule has 1 aliphatic heterocycles. The fraction of sp³-hybridized carbons (Fsp3) is 0.333. The minimum absolute atomic E-state index is 0.0535. The van der Waals surface area contributed by atoms with Crippen LogP contribution in [0.3, 0.4) is 0 Å². The van der Waals surface area contributed by atoms with Crippen molar-refractivity contribution in [2.24, 2.45) is 0 Å². The molecule has 0 bridgehead atoms. The molecule has 6 heteroatoms. The first-order valence-corrected chi connectivity index (χ1v) is 10.4. The summed E-state index contributed by atoms with van der Waals surface area (Å²) in [5.74, 6) is -1.58. The van der Waals surface area contributed by atoms with E-state index in [1.807, 2.05) is 17.1 Å². The lowest BCUT2D eigenvalue weighted by Crippen LogP contribution is -2.18. The van der Waals surface area contributed by atoms with Crippen molar-refractivity contribution in [3.63, 3.8) is 0 Å². The van der Waals surface area contributed by atoms with Crippen LogP contribution in [-0.4, -0.2) is 21.4 Å². The second-order valence-electron chi connectivity index (χ2n) is 8.21. The zero-order chi connectivity index (χ0) is 20.8. The summed E-state index contributed by atoms with van der Waals surface area (Å²) in [7, 11) is 0. The van der Waals surface area contributed by atoms with Crippen LogP contribution >= 0.6 is 0 Å². The van der Waals surface area contributed by atoms with E-state index in [2.05, 4.69) is 31.1 Å². The second kappa shape index (κ2) is 7.43. The summed E-state index contributed by atoms with van der Waals surface area (Å²) in [5.41, 5.74) is 3.31. The summed E-state index contributed by atoms with van der Waals surface area (Å²) in [4.78, 5) is 4.69. The van der Waals surface area contributed by atoms with Gasteiger partial charge in [0.25, 0.3) is 0 Å². The minimum Gasteiger partial charge on any atom is -0.356 e. The Kier molecular flexibility index (Phi) is 4.74. The zero-order valence-corrected chi connectivity index (χ0v) is 17.0. The van der Waals surface area contributed by atoms with Gasteiger partial charge in [0.15, 0.2) is 17.9 Å². The largest absolute Gasteiger partial charge is 0.356 e. The third kappa shape index (κ3) is 3.16. The van der Waals surface area contributed by atoms with E-state index in [0.717, 1.165) is 58.8 Å². The van der Waals surface area contributed by atoms with E-state index in [4.69, 9.17) is 9.72 Å². The van der Waals surface area contributed by atoms with Crippen molar-refractivity contribution in [3.05, 3.63) is 60.1 Å². The zero-order valence-electron chi connectivity index (χ0n) is 17.0. The van der Waals surface area contributed by atoms with Crippen LogP contribution in [0.25, 0.3) is 32.8 Å². The third-order valence-corrected chi connectivity index (χ3v) is 5.82. The first kappa shape index (κ1) is 19.1. The average molecular weight is 407 g/mol. The number of fused-ring (bicyclic) bond motifs is 2. The van der Waals surface area contributed by atoms with Crippen molar-refractivity contribution >= 4 is 21.7 Å². The van der Waals surface area contributed by atoms with Gasteiger partial charge in [-0.15, -0.1) is 0 Å². The van der Waals surface area contributed by atoms with Gasteiger partial charge in [0, 0.05) is 29.1 Å². The number of nitrogens with zero attached hydrogens (tertiary/aromatic N) is 3. The van der Waals surface area contributed by atoms with Gasteiger partial charge < -0.3 is 4.74 Å². The van der Waals surface area contributed by atoms with E-state index in [1.165, 1.54) is 12.1 Å². The molecule has 1 atom stereocenters. The van der Waals surface area contributed by atoms with Crippen LogP contribution in [0.15, 0.2) is 42.7 Å². The van der Waals surface area contributed by atoms with Gasteiger partial charge in [0.1, 0.15) is 0 Å². The lowest BCUT2D eigenvalue weighted by atomic mass is 9.92. The Labute approximate surface area is 173 Å². The van der Waals surface area contributed by atoms with E-state index in [1.54, 1.807) is 6.07 Å². The summed E-state index contributed by atoms with van der Waals surface area (Å²) in [6.45, 7) is 4.85. The standard InChI is InChI=1S/C24H23F2N3O/c1-14(2)24-23(15-6-7-19(25)20(26)10-15)18-9-17-13-28-29(22-5-3-4-8-30-22)21(17)11-16(18)12-27-24/h6-7,9-14,22H,3-5,8H2,1-2H3. The maximum absolute atomic E-state index is 14.0. The minimum atomic E-state index is -0.859. The van der Waals surface area contributed by atoms with Crippen molar-refractivity contribution < 1.29 is 13.5 Å². The molecule has 2 aromatic carbocycles. The maximum atomic E-state index is 14.0. The smallest absolute Gasteiger partial charge is 0.159 e. The Bertz CT molecular complexity index is 1240. The van der Waals surface area contributed by atoms with Gasteiger partial charge in [0.2, 0.25) is 0 Å². The Balaban J connectivity index is 1.75. The van der Waals surface area contributed by atoms with Crippen molar-refractivity contribution in [3.8, 4) is 11.1 Å². The Morgan fingerprint density at radius 2 is 1.90 bits per heavy atom. The monoisotopic (exact) mass is 407 g/mol. The molecule has 1 fully saturated rings. The molecule has 5 rings (SSSR count). The molecular weight excluding hydrogens is 384 g/mol. The summed E-state index contributed by atoms with van der Waals surface area (Å²) in [6.07, 6.45) is 6.79. The normalized spacial score (nSPS) is 17.3. The Hall–Kier alpha value is -2.86. The molecule has 0 aliphatic carbocycles. The molecular formula is C24H23F2N3O. The lowest BCUT2D eigenvalue weighted by molar-refractivity contribution is -0.0366. The third-order valence-electron chi connectivity index (χ3n) is 5.82. The highest BCUT2D eigenvalue weighted by Crippen LogP contribution is 2.37. The predicted octanol–water partition coefficient (Wildman–Crippen LogP) is 6.35. The van der Waals surface area contributed by atoms with Crippen LogP contribution in [0.2, 0.25) is 0 Å². The summed E-state index contributed by atoms with van der Waals surface area (Å²) in [6, 6.07) is 8.17. The van der Waals surface area contributed by atoms with Crippen LogP contribution < -0.4 is 0 Å². The average Bonchev–Trinajstić information content (AvgIpc) is 3.16. The van der Waals surface area contributed by atoms with Crippen molar-refractivity contribution in [1.29, 1.82) is 0 Å². The number of aromatic nitrogens is 3. The van der Waals surface area contributed by atoms with Crippen LogP contribution in [0.4, 0.5) is 8.78 Å². The molecule has 4 aromatic rings. The number of hydrogen-bond donors (Lipinski definition) is 0. The van der Waals surface area contributed by atoms with Crippen molar-refractivity contribution in [1.82, 2.24) is 14.8 Å². The lowest BCUT2D eigenvalue weighted by Gasteiger charge is -2.23.